The molecule has 1 aliphatic heterocycles. The average Bonchev–Trinajstić information content (AvgIpc) is 3.37. The zero-order valence-corrected chi connectivity index (χ0v) is 14.9. The molecule has 8 nitrogen and oxygen atoms in total. The number of hydrogen-bond donors (Lipinski definition) is 0. The molecule has 0 N–H and O–H groups in total. The van der Waals surface area contributed by atoms with Gasteiger partial charge in [-0.05, 0) is 42.5 Å². The first kappa shape index (κ1) is 17.3. The van der Waals surface area contributed by atoms with Gasteiger partial charge in [0.1, 0.15) is 0 Å². The van der Waals surface area contributed by atoms with Crippen LogP contribution in [0.2, 0.25) is 0 Å². The van der Waals surface area contributed by atoms with Gasteiger partial charge in [0.05, 0.1) is 0 Å². The van der Waals surface area contributed by atoms with Gasteiger partial charge in [-0.2, -0.15) is 4.98 Å². The maximum Gasteiger partial charge on any atom is 0.240 e. The quantitative estimate of drug-likeness (QED) is 0.659. The van der Waals surface area contributed by atoms with Gasteiger partial charge in [-0.1, -0.05) is 5.16 Å². The van der Waals surface area contributed by atoms with Crippen LogP contribution in [0.1, 0.15) is 24.3 Å². The number of pyridine rings is 1. The zero-order chi connectivity index (χ0) is 18.5. The molecule has 1 atom stereocenters. The molecule has 4 heterocycles. The van der Waals surface area contributed by atoms with E-state index in [0.717, 1.165) is 25.9 Å². The lowest BCUT2D eigenvalue weighted by atomic mass is 10.00. The summed E-state index contributed by atoms with van der Waals surface area (Å²) in [6.45, 7) is 1.61. The van der Waals surface area contributed by atoms with E-state index >= 15 is 0 Å². The summed E-state index contributed by atoms with van der Waals surface area (Å²) < 4.78 is 5.21. The smallest absolute Gasteiger partial charge is 0.240 e. The normalized spacial score (nSPS) is 16.6. The number of nitrogens with zero attached hydrogens (tertiary/aromatic N) is 6. The largest absolute Gasteiger partial charge is 0.342 e. The predicted molar refractivity (Wildman–Crippen MR) is 96.3 cm³/mol. The Morgan fingerprint density at radius 2 is 1.96 bits per heavy atom. The van der Waals surface area contributed by atoms with Gasteiger partial charge in [0.15, 0.2) is 0 Å². The molecule has 1 unspecified atom stereocenters. The Morgan fingerprint density at radius 1 is 1.15 bits per heavy atom. The predicted octanol–water partition coefficient (Wildman–Crippen LogP) is 1.95. The number of amides is 1. The molecule has 3 aromatic rings. The van der Waals surface area contributed by atoms with Crippen LogP contribution in [0.4, 0.5) is 0 Å². The highest BCUT2D eigenvalue weighted by Gasteiger charge is 2.26. The van der Waals surface area contributed by atoms with Gasteiger partial charge in [0.2, 0.25) is 23.4 Å². The first-order valence-electron chi connectivity index (χ1n) is 9.04. The molecule has 0 aromatic carbocycles. The molecule has 1 fully saturated rings. The van der Waals surface area contributed by atoms with Crippen LogP contribution in [0.15, 0.2) is 47.5 Å². The number of carbonyl (C=O) groups excluding carboxylic acids is 1. The molecule has 0 aliphatic carbocycles. The van der Waals surface area contributed by atoms with Crippen molar-refractivity contribution in [1.82, 2.24) is 30.0 Å². The third-order valence-electron chi connectivity index (χ3n) is 4.70. The van der Waals surface area contributed by atoms with Crippen LogP contribution < -0.4 is 0 Å². The van der Waals surface area contributed by atoms with Crippen LogP contribution in [0.3, 0.4) is 0 Å². The van der Waals surface area contributed by atoms with Gasteiger partial charge in [-0.25, -0.2) is 9.97 Å². The van der Waals surface area contributed by atoms with Crippen molar-refractivity contribution in [1.29, 1.82) is 0 Å². The third kappa shape index (κ3) is 4.33. The van der Waals surface area contributed by atoms with Gasteiger partial charge in [0.25, 0.3) is 0 Å². The molecule has 1 amide bonds. The Morgan fingerprint density at radius 3 is 2.78 bits per heavy atom. The summed E-state index contributed by atoms with van der Waals surface area (Å²) in [6, 6.07) is 5.79. The van der Waals surface area contributed by atoms with Gasteiger partial charge in [-0.3, -0.25) is 9.78 Å². The van der Waals surface area contributed by atoms with E-state index in [1.807, 2.05) is 29.4 Å². The molecule has 0 bridgehead atoms. The van der Waals surface area contributed by atoms with E-state index < -0.39 is 0 Å². The molecule has 0 saturated carbocycles. The summed E-state index contributed by atoms with van der Waals surface area (Å²) >= 11 is 0. The molecule has 138 valence electrons. The lowest BCUT2D eigenvalue weighted by Crippen LogP contribution is -2.29. The molecule has 3 aromatic heterocycles. The zero-order valence-electron chi connectivity index (χ0n) is 14.9. The second kappa shape index (κ2) is 8.03. The molecule has 1 saturated heterocycles. The second-order valence-electron chi connectivity index (χ2n) is 6.64. The molecular weight excluding hydrogens is 344 g/mol. The van der Waals surface area contributed by atoms with E-state index in [4.69, 9.17) is 4.52 Å². The Balaban J connectivity index is 1.27. The van der Waals surface area contributed by atoms with Crippen molar-refractivity contribution < 1.29 is 9.32 Å². The number of rotatable bonds is 6. The minimum atomic E-state index is 0.128. The minimum absolute atomic E-state index is 0.128. The molecule has 4 rings (SSSR count). The standard InChI is InChI=1S/C19H20N6O2/c26-17(25-11-6-15(13-25)12-14-4-9-20-10-5-14)3-2-16-23-19(24-27-16)18-21-7-1-8-22-18/h1,4-5,7-10,15H,2-3,6,11-13H2. The van der Waals surface area contributed by atoms with Crippen molar-refractivity contribution in [2.45, 2.75) is 25.7 Å². The van der Waals surface area contributed by atoms with Crippen molar-refractivity contribution in [3.63, 3.8) is 0 Å². The summed E-state index contributed by atoms with van der Waals surface area (Å²) in [4.78, 5) is 30.9. The van der Waals surface area contributed by atoms with E-state index in [1.165, 1.54) is 5.56 Å². The van der Waals surface area contributed by atoms with E-state index in [1.54, 1.807) is 18.5 Å². The van der Waals surface area contributed by atoms with Crippen molar-refractivity contribution in [2.24, 2.45) is 5.92 Å². The number of likely N-dealkylation sites (tertiary alicyclic amines) is 1. The van der Waals surface area contributed by atoms with Gasteiger partial charge in [0, 0.05) is 50.7 Å². The van der Waals surface area contributed by atoms with Gasteiger partial charge >= 0.3 is 0 Å². The van der Waals surface area contributed by atoms with Gasteiger partial charge in [-0.15, -0.1) is 0 Å². The highest BCUT2D eigenvalue weighted by atomic mass is 16.5. The Kier molecular flexibility index (Phi) is 5.13. The summed E-state index contributed by atoms with van der Waals surface area (Å²) in [7, 11) is 0. The van der Waals surface area contributed by atoms with Crippen molar-refractivity contribution in [3.8, 4) is 11.6 Å². The minimum Gasteiger partial charge on any atom is -0.342 e. The summed E-state index contributed by atoms with van der Waals surface area (Å²) in [5, 5.41) is 3.88. The first-order chi connectivity index (χ1) is 13.3. The molecule has 1 aliphatic rings. The van der Waals surface area contributed by atoms with Crippen molar-refractivity contribution in [2.75, 3.05) is 13.1 Å². The highest BCUT2D eigenvalue weighted by Crippen LogP contribution is 2.21. The number of hydrogen-bond acceptors (Lipinski definition) is 7. The van der Waals surface area contributed by atoms with E-state index in [0.29, 0.717) is 36.3 Å². The summed E-state index contributed by atoms with van der Waals surface area (Å²) in [5.74, 6) is 1.82. The summed E-state index contributed by atoms with van der Waals surface area (Å²) in [6.07, 6.45) is 9.66. The highest BCUT2D eigenvalue weighted by molar-refractivity contribution is 5.76. The van der Waals surface area contributed by atoms with Crippen LogP contribution in [-0.2, 0) is 17.6 Å². The lowest BCUT2D eigenvalue weighted by molar-refractivity contribution is -0.130. The fraction of sp³-hybridized carbons (Fsp3) is 0.368. The summed E-state index contributed by atoms with van der Waals surface area (Å²) in [5.41, 5.74) is 1.27. The number of carbonyl (C=O) groups is 1. The molecular formula is C19H20N6O2. The third-order valence-corrected chi connectivity index (χ3v) is 4.70. The Bertz CT molecular complexity index is 883. The van der Waals surface area contributed by atoms with Crippen LogP contribution in [-0.4, -0.2) is 49.0 Å². The fourth-order valence-electron chi connectivity index (χ4n) is 3.31. The van der Waals surface area contributed by atoms with Crippen LogP contribution in [0, 0.1) is 5.92 Å². The average molecular weight is 364 g/mol. The van der Waals surface area contributed by atoms with E-state index in [9.17, 15) is 4.79 Å². The SMILES string of the molecule is O=C(CCc1nc(-c2ncccn2)no1)N1CCC(Cc2ccncc2)C1. The van der Waals surface area contributed by atoms with Crippen molar-refractivity contribution in [3.05, 3.63) is 54.4 Å². The van der Waals surface area contributed by atoms with E-state index in [2.05, 4.69) is 25.1 Å². The van der Waals surface area contributed by atoms with E-state index in [-0.39, 0.29) is 5.91 Å². The van der Waals surface area contributed by atoms with Crippen LogP contribution in [0.5, 0.6) is 0 Å². The molecule has 27 heavy (non-hydrogen) atoms. The van der Waals surface area contributed by atoms with Crippen LogP contribution >= 0.6 is 0 Å². The second-order valence-corrected chi connectivity index (χ2v) is 6.64. The maximum atomic E-state index is 12.5. The van der Waals surface area contributed by atoms with Crippen LogP contribution in [0.25, 0.3) is 11.6 Å². The first-order valence-corrected chi connectivity index (χ1v) is 9.04. The molecule has 0 spiro atoms. The molecule has 0 radical (unpaired) electrons. The maximum absolute atomic E-state index is 12.5. The Hall–Kier alpha value is -3.16. The van der Waals surface area contributed by atoms with Gasteiger partial charge < -0.3 is 9.42 Å². The lowest BCUT2D eigenvalue weighted by Gasteiger charge is -2.16. The topological polar surface area (TPSA) is 97.9 Å². The Labute approximate surface area is 156 Å². The number of aromatic nitrogens is 5. The van der Waals surface area contributed by atoms with Crippen molar-refractivity contribution >= 4 is 5.91 Å². The molecule has 8 heteroatoms. The fourth-order valence-corrected chi connectivity index (χ4v) is 3.31. The number of aryl methyl sites for hydroxylation is 1. The monoisotopic (exact) mass is 364 g/mol.